The molecule has 4 rings (SSSR count). The Kier molecular flexibility index (Phi) is 8.19. The van der Waals surface area contributed by atoms with Crippen LogP contribution in [-0.4, -0.2) is 86.7 Å². The predicted molar refractivity (Wildman–Crippen MR) is 108 cm³/mol. The van der Waals surface area contributed by atoms with Crippen molar-refractivity contribution >= 4 is 36.6 Å². The van der Waals surface area contributed by atoms with E-state index in [-0.39, 0.29) is 54.0 Å². The van der Waals surface area contributed by atoms with Gasteiger partial charge >= 0.3 is 0 Å². The summed E-state index contributed by atoms with van der Waals surface area (Å²) in [4.78, 5) is 29.1. The molecule has 156 valence electrons. The lowest BCUT2D eigenvalue weighted by Gasteiger charge is -2.28. The van der Waals surface area contributed by atoms with Crippen LogP contribution in [-0.2, 0) is 14.3 Å². The molecular formula is C18H32Cl2N4O3. The van der Waals surface area contributed by atoms with Crippen LogP contribution in [0.25, 0.3) is 0 Å². The number of likely N-dealkylation sites (tertiary alicyclic amines) is 1. The molecule has 1 saturated carbocycles. The summed E-state index contributed by atoms with van der Waals surface area (Å²) in [5.41, 5.74) is 0.258. The van der Waals surface area contributed by atoms with Crippen molar-refractivity contribution < 1.29 is 14.3 Å². The number of piperidine rings is 1. The molecule has 3 saturated heterocycles. The topological polar surface area (TPSA) is 73.9 Å². The first kappa shape index (κ1) is 22.7. The maximum atomic E-state index is 12.6. The summed E-state index contributed by atoms with van der Waals surface area (Å²) in [6, 6.07) is -0.0101. The smallest absolute Gasteiger partial charge is 0.224 e. The average molecular weight is 423 g/mol. The summed E-state index contributed by atoms with van der Waals surface area (Å²) >= 11 is 0. The summed E-state index contributed by atoms with van der Waals surface area (Å²) in [7, 11) is 0. The fraction of sp³-hybridized carbons (Fsp3) is 0.889. The zero-order valence-corrected chi connectivity index (χ0v) is 17.4. The standard InChI is InChI=1S/C18H30N4O3.2ClH/c23-16-11-14(13-22(16)6-5-21-7-9-25-10-8-21)20-17(24)15-12-18(15)1-3-19-4-2-18;;/h14-15,19H,1-13H2,(H,20,24);2*1H. The summed E-state index contributed by atoms with van der Waals surface area (Å²) in [5, 5.41) is 6.53. The number of hydrogen-bond donors (Lipinski definition) is 2. The molecule has 3 heterocycles. The van der Waals surface area contributed by atoms with Crippen LogP contribution in [0.1, 0.15) is 25.7 Å². The van der Waals surface area contributed by atoms with Gasteiger partial charge in [0.05, 0.1) is 19.3 Å². The largest absolute Gasteiger partial charge is 0.379 e. The van der Waals surface area contributed by atoms with Crippen molar-refractivity contribution in [1.29, 1.82) is 0 Å². The number of carbonyl (C=O) groups excluding carboxylic acids is 2. The van der Waals surface area contributed by atoms with Gasteiger partial charge in [-0.25, -0.2) is 0 Å². The van der Waals surface area contributed by atoms with E-state index in [1.807, 2.05) is 4.90 Å². The Morgan fingerprint density at radius 3 is 2.59 bits per heavy atom. The highest BCUT2D eigenvalue weighted by Gasteiger charge is 2.57. The number of nitrogens with zero attached hydrogens (tertiary/aromatic N) is 2. The first-order valence-electron chi connectivity index (χ1n) is 9.75. The van der Waals surface area contributed by atoms with Gasteiger partial charge in [-0.2, -0.15) is 0 Å². The van der Waals surface area contributed by atoms with E-state index >= 15 is 0 Å². The van der Waals surface area contributed by atoms with E-state index in [1.54, 1.807) is 0 Å². The summed E-state index contributed by atoms with van der Waals surface area (Å²) < 4.78 is 5.36. The van der Waals surface area contributed by atoms with Crippen LogP contribution in [0.5, 0.6) is 0 Å². The van der Waals surface area contributed by atoms with Gasteiger partial charge in [0.15, 0.2) is 0 Å². The Bertz CT molecular complexity index is 525. The van der Waals surface area contributed by atoms with E-state index in [1.165, 1.54) is 0 Å². The van der Waals surface area contributed by atoms with Crippen molar-refractivity contribution in [2.45, 2.75) is 31.7 Å². The highest BCUT2D eigenvalue weighted by atomic mass is 35.5. The lowest BCUT2D eigenvalue weighted by Crippen LogP contribution is -2.43. The third-order valence-corrected chi connectivity index (χ3v) is 6.46. The van der Waals surface area contributed by atoms with Gasteiger partial charge in [0, 0.05) is 45.1 Å². The Hall–Kier alpha value is -0.600. The van der Waals surface area contributed by atoms with Crippen LogP contribution in [0.2, 0.25) is 0 Å². The lowest BCUT2D eigenvalue weighted by molar-refractivity contribution is -0.128. The molecule has 0 radical (unpaired) electrons. The zero-order valence-electron chi connectivity index (χ0n) is 15.8. The Morgan fingerprint density at radius 1 is 1.19 bits per heavy atom. The molecule has 9 heteroatoms. The number of halogens is 2. The predicted octanol–water partition coefficient (Wildman–Crippen LogP) is 0.269. The molecule has 7 nitrogen and oxygen atoms in total. The molecule has 0 aromatic heterocycles. The molecule has 4 aliphatic rings. The maximum absolute atomic E-state index is 12.6. The second-order valence-corrected chi connectivity index (χ2v) is 8.07. The fourth-order valence-electron chi connectivity index (χ4n) is 4.67. The number of rotatable bonds is 5. The SMILES string of the molecule is Cl.Cl.O=C(NC1CC(=O)N(CCN2CCOCC2)C1)C1CC12CCNCC2. The fourth-order valence-corrected chi connectivity index (χ4v) is 4.67. The van der Waals surface area contributed by atoms with Gasteiger partial charge < -0.3 is 20.3 Å². The molecular weight excluding hydrogens is 391 g/mol. The molecule has 2 atom stereocenters. The second kappa shape index (κ2) is 9.74. The third-order valence-electron chi connectivity index (χ3n) is 6.46. The van der Waals surface area contributed by atoms with Crippen LogP contribution in [0.3, 0.4) is 0 Å². The molecule has 0 aromatic rings. The number of ether oxygens (including phenoxy) is 1. The van der Waals surface area contributed by atoms with E-state index < -0.39 is 0 Å². The maximum Gasteiger partial charge on any atom is 0.224 e. The van der Waals surface area contributed by atoms with Crippen molar-refractivity contribution in [1.82, 2.24) is 20.4 Å². The van der Waals surface area contributed by atoms with Crippen LogP contribution in [0.4, 0.5) is 0 Å². The number of nitrogens with one attached hydrogen (secondary N) is 2. The summed E-state index contributed by atoms with van der Waals surface area (Å²) in [5.74, 6) is 0.521. The monoisotopic (exact) mass is 422 g/mol. The van der Waals surface area contributed by atoms with Gasteiger partial charge in [0.1, 0.15) is 0 Å². The Labute approximate surface area is 173 Å². The minimum atomic E-state index is -0.0101. The molecule has 0 bridgehead atoms. The van der Waals surface area contributed by atoms with Crippen LogP contribution < -0.4 is 10.6 Å². The molecule has 1 spiro atoms. The van der Waals surface area contributed by atoms with Crippen LogP contribution in [0.15, 0.2) is 0 Å². The number of carbonyl (C=O) groups is 2. The Morgan fingerprint density at radius 2 is 1.89 bits per heavy atom. The van der Waals surface area contributed by atoms with Gasteiger partial charge in [-0.3, -0.25) is 14.5 Å². The molecule has 4 fully saturated rings. The lowest BCUT2D eigenvalue weighted by atomic mass is 9.91. The van der Waals surface area contributed by atoms with E-state index in [0.717, 1.165) is 71.7 Å². The molecule has 2 amide bonds. The van der Waals surface area contributed by atoms with Gasteiger partial charge in [-0.15, -0.1) is 24.8 Å². The van der Waals surface area contributed by atoms with Crippen LogP contribution >= 0.6 is 24.8 Å². The molecule has 2 unspecified atom stereocenters. The van der Waals surface area contributed by atoms with Gasteiger partial charge in [-0.05, 0) is 37.8 Å². The van der Waals surface area contributed by atoms with E-state index in [9.17, 15) is 9.59 Å². The molecule has 3 aliphatic heterocycles. The minimum absolute atomic E-state index is 0. The van der Waals surface area contributed by atoms with Crippen molar-refractivity contribution in [2.24, 2.45) is 11.3 Å². The summed E-state index contributed by atoms with van der Waals surface area (Å²) in [6.45, 7) is 7.83. The van der Waals surface area contributed by atoms with Gasteiger partial charge in [-0.1, -0.05) is 0 Å². The summed E-state index contributed by atoms with van der Waals surface area (Å²) in [6.07, 6.45) is 3.71. The number of morpholine rings is 1. The molecule has 0 aromatic carbocycles. The van der Waals surface area contributed by atoms with Gasteiger partial charge in [0.25, 0.3) is 0 Å². The van der Waals surface area contributed by atoms with Crippen molar-refractivity contribution in [3.05, 3.63) is 0 Å². The van der Waals surface area contributed by atoms with Crippen LogP contribution in [0, 0.1) is 11.3 Å². The minimum Gasteiger partial charge on any atom is -0.379 e. The third kappa shape index (κ3) is 5.26. The quantitative estimate of drug-likeness (QED) is 0.664. The highest BCUT2D eigenvalue weighted by molar-refractivity contribution is 5.86. The number of amides is 2. The Balaban J connectivity index is 0.00000131. The van der Waals surface area contributed by atoms with Crippen molar-refractivity contribution in [3.63, 3.8) is 0 Å². The zero-order chi connectivity index (χ0) is 17.3. The normalized spacial score (nSPS) is 29.8. The average Bonchev–Trinajstić information content (AvgIpc) is 3.20. The van der Waals surface area contributed by atoms with Crippen molar-refractivity contribution in [2.75, 3.05) is 59.0 Å². The van der Waals surface area contributed by atoms with Gasteiger partial charge in [0.2, 0.25) is 11.8 Å². The van der Waals surface area contributed by atoms with Crippen molar-refractivity contribution in [3.8, 4) is 0 Å². The second-order valence-electron chi connectivity index (χ2n) is 8.07. The molecule has 27 heavy (non-hydrogen) atoms. The van der Waals surface area contributed by atoms with E-state index in [0.29, 0.717) is 13.0 Å². The first-order chi connectivity index (χ1) is 12.2. The molecule has 1 aliphatic carbocycles. The number of hydrogen-bond acceptors (Lipinski definition) is 5. The van der Waals surface area contributed by atoms with E-state index in [2.05, 4.69) is 15.5 Å². The first-order valence-corrected chi connectivity index (χ1v) is 9.75. The molecule has 2 N–H and O–H groups in total. The highest BCUT2D eigenvalue weighted by Crippen LogP contribution is 2.58. The van der Waals surface area contributed by atoms with E-state index in [4.69, 9.17) is 4.74 Å².